The number of fused-ring (bicyclic) bond motifs is 3. The number of rotatable bonds is 11. The van der Waals surface area contributed by atoms with Crippen molar-refractivity contribution in [2.75, 3.05) is 6.54 Å². The van der Waals surface area contributed by atoms with E-state index in [1.807, 2.05) is 48.5 Å². The average molecular weight is 732 g/mol. The average Bonchev–Trinajstić information content (AvgIpc) is 4.00. The molecule has 4 fully saturated rings. The van der Waals surface area contributed by atoms with Gasteiger partial charge in [-0.25, -0.2) is 13.2 Å². The van der Waals surface area contributed by atoms with E-state index in [9.17, 15) is 27.6 Å². The number of oxime groups is 1. The molecule has 1 heterocycles. The molecule has 5 atom stereocenters. The number of ether oxygens (including phenoxy) is 1. The van der Waals surface area contributed by atoms with E-state index in [4.69, 9.17) is 9.57 Å². The van der Waals surface area contributed by atoms with Crippen LogP contribution in [-0.2, 0) is 34.0 Å². The minimum Gasteiger partial charge on any atom is -0.446 e. The molecule has 0 bridgehead atoms. The Balaban J connectivity index is 1.16. The summed E-state index contributed by atoms with van der Waals surface area (Å²) in [7, 11) is -3.89. The zero-order valence-corrected chi connectivity index (χ0v) is 30.4. The fraction of sp³-hybridized carbons (Fsp3) is 0.500. The number of alkyl carbamates (subject to hydrolysis) is 1. The van der Waals surface area contributed by atoms with Gasteiger partial charge in [-0.15, -0.1) is 6.58 Å². The Bertz CT molecular complexity index is 1900. The van der Waals surface area contributed by atoms with Gasteiger partial charge in [0.05, 0.1) is 11.8 Å². The van der Waals surface area contributed by atoms with Crippen molar-refractivity contribution in [2.45, 2.75) is 101 Å². The summed E-state index contributed by atoms with van der Waals surface area (Å²) in [6.07, 6.45) is 3.45. The molecule has 4 amide bonds. The molecule has 5 aliphatic rings. The molecule has 7 rings (SSSR count). The quantitative estimate of drug-likeness (QED) is 0.198. The van der Waals surface area contributed by atoms with Gasteiger partial charge in [0.2, 0.25) is 21.8 Å². The number of likely N-dealkylation sites (tertiary alicyclic amines) is 1. The summed E-state index contributed by atoms with van der Waals surface area (Å²) in [6, 6.07) is 13.5. The number of carbonyl (C=O) groups excluding carboxylic acids is 4. The molecule has 0 radical (unpaired) electrons. The first kappa shape index (κ1) is 35.7. The zero-order chi connectivity index (χ0) is 37.0. The van der Waals surface area contributed by atoms with Crippen LogP contribution in [0.4, 0.5) is 4.79 Å². The van der Waals surface area contributed by atoms with E-state index in [-0.39, 0.29) is 25.5 Å². The molecule has 0 aromatic heterocycles. The van der Waals surface area contributed by atoms with Crippen molar-refractivity contribution >= 4 is 39.5 Å². The Labute approximate surface area is 303 Å². The normalized spacial score (nSPS) is 25.5. The predicted octanol–water partition coefficient (Wildman–Crippen LogP) is 3.77. The molecule has 1 aliphatic heterocycles. The highest BCUT2D eigenvalue weighted by Gasteiger charge is 2.62. The fourth-order valence-corrected chi connectivity index (χ4v) is 8.57. The van der Waals surface area contributed by atoms with Gasteiger partial charge in [0, 0.05) is 23.5 Å². The maximum atomic E-state index is 14.5. The predicted molar refractivity (Wildman–Crippen MR) is 192 cm³/mol. The molecular formula is C38H45N5O8S. The molecule has 3 N–H and O–H groups in total. The van der Waals surface area contributed by atoms with E-state index >= 15 is 0 Å². The molecule has 52 heavy (non-hydrogen) atoms. The summed E-state index contributed by atoms with van der Waals surface area (Å²) in [5, 5.41) is 9.49. The molecule has 0 spiro atoms. The lowest BCUT2D eigenvalue weighted by atomic mass is 9.85. The van der Waals surface area contributed by atoms with Crippen molar-refractivity contribution in [3.05, 3.63) is 72.3 Å². The molecule has 0 unspecified atom stereocenters. The highest BCUT2D eigenvalue weighted by atomic mass is 32.2. The number of hydrogen-bond acceptors (Lipinski definition) is 9. The van der Waals surface area contributed by atoms with Gasteiger partial charge >= 0.3 is 6.09 Å². The van der Waals surface area contributed by atoms with Crippen LogP contribution in [0, 0.1) is 11.3 Å². The second-order valence-electron chi connectivity index (χ2n) is 15.6. The van der Waals surface area contributed by atoms with E-state index in [0.717, 1.165) is 41.5 Å². The highest BCUT2D eigenvalue weighted by Crippen LogP contribution is 2.46. The van der Waals surface area contributed by atoms with Crippen molar-refractivity contribution in [3.8, 4) is 11.1 Å². The number of amides is 4. The van der Waals surface area contributed by atoms with Crippen molar-refractivity contribution in [2.24, 2.45) is 16.5 Å². The lowest BCUT2D eigenvalue weighted by Crippen LogP contribution is -2.60. The van der Waals surface area contributed by atoms with Crippen LogP contribution in [0.3, 0.4) is 0 Å². The van der Waals surface area contributed by atoms with Crippen LogP contribution in [0.2, 0.25) is 0 Å². The molecule has 3 saturated carbocycles. The Morgan fingerprint density at radius 2 is 1.58 bits per heavy atom. The second-order valence-corrected chi connectivity index (χ2v) is 17.5. The van der Waals surface area contributed by atoms with Gasteiger partial charge in [-0.1, -0.05) is 80.5 Å². The number of benzene rings is 2. The van der Waals surface area contributed by atoms with Crippen LogP contribution >= 0.6 is 0 Å². The van der Waals surface area contributed by atoms with Gasteiger partial charge in [-0.05, 0) is 55.1 Å². The van der Waals surface area contributed by atoms with E-state index in [1.165, 1.54) is 11.0 Å². The molecule has 14 heteroatoms. The lowest BCUT2D eigenvalue weighted by Gasteiger charge is -2.36. The minimum absolute atomic E-state index is 0.0257. The molecule has 276 valence electrons. The molecule has 4 aliphatic carbocycles. The van der Waals surface area contributed by atoms with Crippen LogP contribution in [0.25, 0.3) is 11.1 Å². The Kier molecular flexibility index (Phi) is 9.16. The third-order valence-electron chi connectivity index (χ3n) is 10.7. The SMILES string of the molecule is C=C[C@@H]1C[C@@]1(NC(=O)[C@@H]1C[C@@H](ON=C2c3ccccc3-c3ccccc32)CN1C(=O)[C@@H](NC(=O)OC1CCC1)C(C)(C)C)C(=O)NS(=O)(=O)C1CC1. The summed E-state index contributed by atoms with van der Waals surface area (Å²) < 4.78 is 33.0. The monoisotopic (exact) mass is 731 g/mol. The topological polar surface area (TPSA) is 173 Å². The number of nitrogens with one attached hydrogen (secondary N) is 3. The van der Waals surface area contributed by atoms with Crippen LogP contribution in [0.1, 0.15) is 76.8 Å². The first-order valence-electron chi connectivity index (χ1n) is 17.9. The zero-order valence-electron chi connectivity index (χ0n) is 29.6. The highest BCUT2D eigenvalue weighted by molar-refractivity contribution is 7.91. The Hall–Kier alpha value is -4.72. The number of sulfonamides is 1. The van der Waals surface area contributed by atoms with Crippen molar-refractivity contribution in [1.29, 1.82) is 0 Å². The van der Waals surface area contributed by atoms with Crippen LogP contribution in [0.15, 0.2) is 66.3 Å². The van der Waals surface area contributed by atoms with Crippen molar-refractivity contribution < 1.29 is 37.2 Å². The van der Waals surface area contributed by atoms with E-state index in [2.05, 4.69) is 27.1 Å². The summed E-state index contributed by atoms with van der Waals surface area (Å²) in [4.78, 5) is 62.6. The standard InChI is InChI=1S/C38H45N5O8S/c1-5-22-20-38(22,35(46)42-52(48,49)25-17-18-25)40-33(44)30-19-24(51-41-31-28-15-8-6-13-26(28)27-14-7-9-16-29(27)31)21-43(30)34(45)32(37(2,3)4)39-36(47)50-23-11-10-12-23/h5-9,13-16,22-25,30,32H,1,10-12,17-21H2,2-4H3,(H,39,47)(H,40,44)(H,42,46)/t22-,24-,30+,32-,38+/m1/s1. The molecular weight excluding hydrogens is 687 g/mol. The van der Waals surface area contributed by atoms with Crippen LogP contribution in [0.5, 0.6) is 0 Å². The summed E-state index contributed by atoms with van der Waals surface area (Å²) in [6.45, 7) is 9.15. The minimum atomic E-state index is -3.89. The van der Waals surface area contributed by atoms with Crippen LogP contribution < -0.4 is 15.4 Å². The van der Waals surface area contributed by atoms with E-state index in [1.54, 1.807) is 20.8 Å². The van der Waals surface area contributed by atoms with Gasteiger partial charge < -0.3 is 25.1 Å². The summed E-state index contributed by atoms with van der Waals surface area (Å²) >= 11 is 0. The van der Waals surface area contributed by atoms with Gasteiger partial charge in [0.25, 0.3) is 5.91 Å². The van der Waals surface area contributed by atoms with Crippen molar-refractivity contribution in [3.63, 3.8) is 0 Å². The fourth-order valence-electron chi connectivity index (χ4n) is 7.21. The lowest BCUT2D eigenvalue weighted by molar-refractivity contribution is -0.143. The van der Waals surface area contributed by atoms with E-state index in [0.29, 0.717) is 18.6 Å². The molecule has 2 aromatic rings. The van der Waals surface area contributed by atoms with Crippen LogP contribution in [-0.4, -0.2) is 84.5 Å². The van der Waals surface area contributed by atoms with Gasteiger partial charge in [0.15, 0.2) is 0 Å². The van der Waals surface area contributed by atoms with Crippen molar-refractivity contribution in [1.82, 2.24) is 20.3 Å². The third kappa shape index (κ3) is 6.80. The van der Waals surface area contributed by atoms with Gasteiger partial charge in [-0.2, -0.15) is 0 Å². The van der Waals surface area contributed by atoms with E-state index < -0.39 is 74.1 Å². The largest absolute Gasteiger partial charge is 0.446 e. The third-order valence-corrected chi connectivity index (χ3v) is 12.6. The number of nitrogens with zero attached hydrogens (tertiary/aromatic N) is 2. The first-order valence-corrected chi connectivity index (χ1v) is 19.5. The number of carbonyl (C=O) groups is 4. The molecule has 1 saturated heterocycles. The maximum absolute atomic E-state index is 14.5. The van der Waals surface area contributed by atoms with Gasteiger partial charge in [-0.3, -0.25) is 19.1 Å². The van der Waals surface area contributed by atoms with Gasteiger partial charge in [0.1, 0.15) is 35.5 Å². The molecule has 2 aromatic carbocycles. The summed E-state index contributed by atoms with van der Waals surface area (Å²) in [5.74, 6) is -2.53. The number of hydrogen-bond donors (Lipinski definition) is 3. The second kappa shape index (κ2) is 13.4. The maximum Gasteiger partial charge on any atom is 0.408 e. The smallest absolute Gasteiger partial charge is 0.408 e. The molecule has 13 nitrogen and oxygen atoms in total. The Morgan fingerprint density at radius 3 is 2.10 bits per heavy atom. The first-order chi connectivity index (χ1) is 24.7. The summed E-state index contributed by atoms with van der Waals surface area (Å²) in [5.41, 5.74) is 2.12. The Morgan fingerprint density at radius 1 is 0.962 bits per heavy atom.